The first-order valence-corrected chi connectivity index (χ1v) is 7.39. The summed E-state index contributed by atoms with van der Waals surface area (Å²) in [5.41, 5.74) is 7.80. The largest absolute Gasteiger partial charge is 0.444 e. The first-order chi connectivity index (χ1) is 9.57. The number of benzene rings is 1. The number of nitrogens with two attached hydrogens (primary N) is 1. The van der Waals surface area contributed by atoms with Gasteiger partial charge in [0.2, 0.25) is 0 Å². The smallest absolute Gasteiger partial charge is 0.407 e. The molecule has 3 N–H and O–H groups in total. The number of carbonyl (C=O) groups excluding carboxylic acids is 1. The first-order valence-electron chi connectivity index (χ1n) is 7.39. The highest BCUT2D eigenvalue weighted by Gasteiger charge is 2.22. The molecule has 0 spiro atoms. The Morgan fingerprint density at radius 2 is 1.76 bits per heavy atom. The van der Waals surface area contributed by atoms with Crippen LogP contribution >= 0.6 is 0 Å². The zero-order valence-corrected chi connectivity index (χ0v) is 13.8. The third-order valence-corrected chi connectivity index (χ3v) is 3.14. The van der Waals surface area contributed by atoms with Gasteiger partial charge in [0.1, 0.15) is 5.60 Å². The topological polar surface area (TPSA) is 64.3 Å². The first kappa shape index (κ1) is 17.5. The molecule has 0 aromatic heterocycles. The lowest BCUT2D eigenvalue weighted by atomic mass is 9.94. The van der Waals surface area contributed by atoms with Crippen LogP contribution < -0.4 is 11.1 Å². The van der Waals surface area contributed by atoms with Crippen molar-refractivity contribution in [2.45, 2.75) is 58.6 Å². The van der Waals surface area contributed by atoms with Gasteiger partial charge in [0, 0.05) is 12.1 Å². The van der Waals surface area contributed by atoms with Crippen molar-refractivity contribution in [3.8, 4) is 0 Å². The normalized spacial score (nSPS) is 14.4. The fourth-order valence-corrected chi connectivity index (χ4v) is 1.86. The summed E-state index contributed by atoms with van der Waals surface area (Å²) >= 11 is 0. The second kappa shape index (κ2) is 6.94. The minimum Gasteiger partial charge on any atom is -0.444 e. The molecular weight excluding hydrogens is 264 g/mol. The van der Waals surface area contributed by atoms with Gasteiger partial charge in [-0.05, 0) is 53.0 Å². The van der Waals surface area contributed by atoms with Gasteiger partial charge in [0.25, 0.3) is 0 Å². The molecule has 0 saturated carbocycles. The van der Waals surface area contributed by atoms with Crippen molar-refractivity contribution in [3.05, 3.63) is 35.4 Å². The highest BCUT2D eigenvalue weighted by atomic mass is 16.6. The van der Waals surface area contributed by atoms with Crippen LogP contribution in [0.25, 0.3) is 0 Å². The number of alkyl carbamates (subject to hydrolysis) is 1. The van der Waals surface area contributed by atoms with E-state index in [2.05, 4.69) is 36.5 Å². The van der Waals surface area contributed by atoms with Gasteiger partial charge in [-0.2, -0.15) is 0 Å². The van der Waals surface area contributed by atoms with E-state index in [9.17, 15) is 4.79 Å². The lowest BCUT2D eigenvalue weighted by Crippen LogP contribution is -2.49. The summed E-state index contributed by atoms with van der Waals surface area (Å²) in [6, 6.07) is 8.43. The summed E-state index contributed by atoms with van der Waals surface area (Å²) in [5, 5.41) is 2.74. The standard InChI is InChI=1S/C17H28N2O2/c1-13-6-8-14(9-7-13)10-11-17(5,18)12-19-15(20)21-16(2,3)4/h6-9H,10-12,18H2,1-5H3,(H,19,20). The zero-order valence-electron chi connectivity index (χ0n) is 13.8. The van der Waals surface area contributed by atoms with Crippen LogP contribution in [0.5, 0.6) is 0 Å². The number of amides is 1. The van der Waals surface area contributed by atoms with Gasteiger partial charge in [0.05, 0.1) is 0 Å². The lowest BCUT2D eigenvalue weighted by Gasteiger charge is -2.26. The third kappa shape index (κ3) is 7.71. The van der Waals surface area contributed by atoms with Gasteiger partial charge in [-0.3, -0.25) is 0 Å². The van der Waals surface area contributed by atoms with E-state index in [0.29, 0.717) is 6.54 Å². The van der Waals surface area contributed by atoms with Crippen LogP contribution in [0, 0.1) is 6.92 Å². The molecule has 4 heteroatoms. The van der Waals surface area contributed by atoms with Gasteiger partial charge in [-0.25, -0.2) is 4.79 Å². The number of nitrogens with one attached hydrogen (secondary N) is 1. The predicted octanol–water partition coefficient (Wildman–Crippen LogP) is 3.17. The fraction of sp³-hybridized carbons (Fsp3) is 0.588. The minimum absolute atomic E-state index is 0.397. The number of hydrogen-bond acceptors (Lipinski definition) is 3. The molecule has 0 aliphatic rings. The van der Waals surface area contributed by atoms with Crippen molar-refractivity contribution in [1.29, 1.82) is 0 Å². The highest BCUT2D eigenvalue weighted by Crippen LogP contribution is 2.13. The summed E-state index contributed by atoms with van der Waals surface area (Å²) in [6.07, 6.45) is 1.27. The summed E-state index contributed by atoms with van der Waals surface area (Å²) in [4.78, 5) is 11.6. The van der Waals surface area contributed by atoms with Crippen molar-refractivity contribution in [2.75, 3.05) is 6.54 Å². The maximum Gasteiger partial charge on any atom is 0.407 e. The Balaban J connectivity index is 2.39. The number of carbonyl (C=O) groups is 1. The molecule has 118 valence electrons. The zero-order chi connectivity index (χ0) is 16.1. The molecule has 4 nitrogen and oxygen atoms in total. The van der Waals surface area contributed by atoms with Gasteiger partial charge in [-0.1, -0.05) is 29.8 Å². The third-order valence-electron chi connectivity index (χ3n) is 3.14. The fourth-order valence-electron chi connectivity index (χ4n) is 1.86. The van der Waals surface area contributed by atoms with Gasteiger partial charge in [-0.15, -0.1) is 0 Å². The van der Waals surface area contributed by atoms with Crippen molar-refractivity contribution in [3.63, 3.8) is 0 Å². The Morgan fingerprint density at radius 1 is 1.19 bits per heavy atom. The Hall–Kier alpha value is -1.55. The Morgan fingerprint density at radius 3 is 2.29 bits per heavy atom. The van der Waals surface area contributed by atoms with Gasteiger partial charge >= 0.3 is 6.09 Å². The molecule has 1 atom stereocenters. The molecule has 1 rings (SSSR count). The molecule has 0 heterocycles. The molecule has 0 fully saturated rings. The highest BCUT2D eigenvalue weighted by molar-refractivity contribution is 5.67. The molecular formula is C17H28N2O2. The molecule has 21 heavy (non-hydrogen) atoms. The van der Waals surface area contributed by atoms with E-state index in [4.69, 9.17) is 10.5 Å². The monoisotopic (exact) mass is 292 g/mol. The second-order valence-electron chi connectivity index (χ2n) is 7.00. The van der Waals surface area contributed by atoms with E-state index in [1.54, 1.807) is 0 Å². The lowest BCUT2D eigenvalue weighted by molar-refractivity contribution is 0.0515. The molecule has 1 aromatic carbocycles. The molecule has 1 aromatic rings. The van der Waals surface area contributed by atoms with Gasteiger partial charge < -0.3 is 15.8 Å². The number of hydrogen-bond donors (Lipinski definition) is 2. The maximum atomic E-state index is 11.6. The maximum absolute atomic E-state index is 11.6. The molecule has 0 radical (unpaired) electrons. The molecule has 1 unspecified atom stereocenters. The van der Waals surface area contributed by atoms with Gasteiger partial charge in [0.15, 0.2) is 0 Å². The molecule has 0 bridgehead atoms. The molecule has 1 amide bonds. The molecule has 0 aliphatic carbocycles. The average Bonchev–Trinajstić information content (AvgIpc) is 2.34. The van der Waals surface area contributed by atoms with E-state index in [1.165, 1.54) is 11.1 Å². The Bertz CT molecular complexity index is 459. The summed E-state index contributed by atoms with van der Waals surface area (Å²) in [6.45, 7) is 9.93. The quantitative estimate of drug-likeness (QED) is 0.876. The number of rotatable bonds is 5. The van der Waals surface area contributed by atoms with Crippen molar-refractivity contribution in [2.24, 2.45) is 5.73 Å². The predicted molar refractivity (Wildman–Crippen MR) is 86.3 cm³/mol. The number of ether oxygens (including phenoxy) is 1. The SMILES string of the molecule is Cc1ccc(CCC(C)(N)CNC(=O)OC(C)(C)C)cc1. The van der Waals surface area contributed by atoms with E-state index in [0.717, 1.165) is 12.8 Å². The average molecular weight is 292 g/mol. The van der Waals surface area contributed by atoms with Crippen LogP contribution in [0.4, 0.5) is 4.79 Å². The summed E-state index contributed by atoms with van der Waals surface area (Å²) < 4.78 is 5.20. The van der Waals surface area contributed by atoms with Crippen molar-refractivity contribution < 1.29 is 9.53 Å². The van der Waals surface area contributed by atoms with Crippen LogP contribution in [-0.2, 0) is 11.2 Å². The van der Waals surface area contributed by atoms with E-state index >= 15 is 0 Å². The van der Waals surface area contributed by atoms with Crippen LogP contribution in [0.1, 0.15) is 45.2 Å². The van der Waals surface area contributed by atoms with Crippen molar-refractivity contribution in [1.82, 2.24) is 5.32 Å². The Kier molecular flexibility index (Phi) is 5.78. The van der Waals surface area contributed by atoms with Crippen LogP contribution in [0.3, 0.4) is 0 Å². The van der Waals surface area contributed by atoms with E-state index in [1.807, 2.05) is 27.7 Å². The van der Waals surface area contributed by atoms with Crippen molar-refractivity contribution >= 4 is 6.09 Å². The molecule has 0 aliphatic heterocycles. The van der Waals surface area contributed by atoms with E-state index in [-0.39, 0.29) is 0 Å². The van der Waals surface area contributed by atoms with Crippen LogP contribution in [-0.4, -0.2) is 23.8 Å². The van der Waals surface area contributed by atoms with E-state index < -0.39 is 17.2 Å². The summed E-state index contributed by atoms with van der Waals surface area (Å²) in [7, 11) is 0. The summed E-state index contributed by atoms with van der Waals surface area (Å²) in [5.74, 6) is 0. The van der Waals surface area contributed by atoms with Crippen LogP contribution in [0.15, 0.2) is 24.3 Å². The second-order valence-corrected chi connectivity index (χ2v) is 7.00. The Labute approximate surface area is 128 Å². The molecule has 0 saturated heterocycles. The number of aryl methyl sites for hydroxylation is 2. The minimum atomic E-state index is -0.489. The van der Waals surface area contributed by atoms with Crippen LogP contribution in [0.2, 0.25) is 0 Å².